The van der Waals surface area contributed by atoms with Crippen LogP contribution in [-0.4, -0.2) is 18.9 Å². The number of hydrogen-bond donors (Lipinski definition) is 2. The molecule has 120 valence electrons. The van der Waals surface area contributed by atoms with E-state index in [0.717, 1.165) is 12.0 Å². The van der Waals surface area contributed by atoms with Crippen LogP contribution in [0.25, 0.3) is 0 Å². The van der Waals surface area contributed by atoms with Gasteiger partial charge >= 0.3 is 0 Å². The van der Waals surface area contributed by atoms with Gasteiger partial charge in [0.1, 0.15) is 0 Å². The normalized spacial score (nSPS) is 19.3. The van der Waals surface area contributed by atoms with E-state index in [9.17, 15) is 9.59 Å². The van der Waals surface area contributed by atoms with Crippen molar-refractivity contribution in [2.24, 2.45) is 5.92 Å². The van der Waals surface area contributed by atoms with Crippen molar-refractivity contribution in [1.29, 1.82) is 0 Å². The molecule has 1 heterocycles. The first-order valence-electron chi connectivity index (χ1n) is 7.70. The third-order valence-electron chi connectivity index (χ3n) is 4.32. The zero-order valence-electron chi connectivity index (χ0n) is 13.5. The Hall–Kier alpha value is -2.14. The van der Waals surface area contributed by atoms with Gasteiger partial charge in [-0.2, -0.15) is 0 Å². The Bertz CT molecular complexity index is 766. The fourth-order valence-corrected chi connectivity index (χ4v) is 3.88. The predicted octanol–water partition coefficient (Wildman–Crippen LogP) is 3.47. The lowest BCUT2D eigenvalue weighted by molar-refractivity contribution is -0.117. The largest absolute Gasteiger partial charge is 0.355 e. The molecule has 0 bridgehead atoms. The van der Waals surface area contributed by atoms with Crippen molar-refractivity contribution in [3.8, 4) is 0 Å². The van der Waals surface area contributed by atoms with Crippen LogP contribution in [0.2, 0.25) is 0 Å². The van der Waals surface area contributed by atoms with Gasteiger partial charge in [-0.25, -0.2) is 0 Å². The molecule has 1 aliphatic rings. The van der Waals surface area contributed by atoms with Crippen LogP contribution in [-0.2, 0) is 4.79 Å². The maximum atomic E-state index is 12.5. The Kier molecular flexibility index (Phi) is 4.22. The van der Waals surface area contributed by atoms with Crippen molar-refractivity contribution in [3.63, 3.8) is 0 Å². The monoisotopic (exact) mass is 328 g/mol. The molecule has 3 rings (SSSR count). The minimum atomic E-state index is -0.142. The van der Waals surface area contributed by atoms with Gasteiger partial charge in [-0.1, -0.05) is 6.07 Å². The standard InChI is InChI=1S/C18H20N2O2S/c1-10-7-8-16(23-10)13-9-14(13)18(22)20-15-6-4-5-12(11(15)2)17(21)19-3/h4-8,13-14H,9H2,1-3H3,(H,19,21)(H,20,22)/t13-,14-/m1/s1. The van der Waals surface area contributed by atoms with Gasteiger partial charge in [-0.15, -0.1) is 11.3 Å². The van der Waals surface area contributed by atoms with E-state index in [-0.39, 0.29) is 17.7 Å². The molecule has 1 aliphatic carbocycles. The number of aryl methyl sites for hydroxylation is 1. The summed E-state index contributed by atoms with van der Waals surface area (Å²) in [5.41, 5.74) is 2.10. The minimum Gasteiger partial charge on any atom is -0.355 e. The lowest BCUT2D eigenvalue weighted by Gasteiger charge is -2.11. The SMILES string of the molecule is CNC(=O)c1cccc(NC(=O)[C@@H]2C[C@H]2c2ccc(C)s2)c1C. The molecule has 23 heavy (non-hydrogen) atoms. The quantitative estimate of drug-likeness (QED) is 0.903. The Balaban J connectivity index is 1.71. The van der Waals surface area contributed by atoms with E-state index in [4.69, 9.17) is 0 Å². The number of rotatable bonds is 4. The van der Waals surface area contributed by atoms with E-state index in [2.05, 4.69) is 29.7 Å². The average Bonchev–Trinajstić information content (AvgIpc) is 3.23. The Labute approximate surface area is 139 Å². The van der Waals surface area contributed by atoms with Crippen LogP contribution in [0.15, 0.2) is 30.3 Å². The summed E-state index contributed by atoms with van der Waals surface area (Å²) < 4.78 is 0. The summed E-state index contributed by atoms with van der Waals surface area (Å²) in [4.78, 5) is 26.9. The summed E-state index contributed by atoms with van der Waals surface area (Å²) in [7, 11) is 1.60. The van der Waals surface area contributed by atoms with Crippen molar-refractivity contribution in [1.82, 2.24) is 5.32 Å². The zero-order chi connectivity index (χ0) is 16.6. The van der Waals surface area contributed by atoms with Gasteiger partial charge in [-0.05, 0) is 50.1 Å². The van der Waals surface area contributed by atoms with Crippen LogP contribution in [0.4, 0.5) is 5.69 Å². The molecule has 2 amide bonds. The summed E-state index contributed by atoms with van der Waals surface area (Å²) in [5, 5.41) is 5.60. The maximum Gasteiger partial charge on any atom is 0.251 e. The highest BCUT2D eigenvalue weighted by Crippen LogP contribution is 2.50. The smallest absolute Gasteiger partial charge is 0.251 e. The number of amides is 2. The van der Waals surface area contributed by atoms with Crippen molar-refractivity contribution in [3.05, 3.63) is 51.2 Å². The lowest BCUT2D eigenvalue weighted by atomic mass is 10.1. The lowest BCUT2D eigenvalue weighted by Crippen LogP contribution is -2.21. The molecule has 0 spiro atoms. The van der Waals surface area contributed by atoms with Crippen LogP contribution in [0.3, 0.4) is 0 Å². The van der Waals surface area contributed by atoms with E-state index in [1.807, 2.05) is 13.0 Å². The van der Waals surface area contributed by atoms with Crippen molar-refractivity contribution in [2.75, 3.05) is 12.4 Å². The van der Waals surface area contributed by atoms with Gasteiger partial charge in [0, 0.05) is 39.9 Å². The predicted molar refractivity (Wildman–Crippen MR) is 93.1 cm³/mol. The summed E-state index contributed by atoms with van der Waals surface area (Å²) >= 11 is 1.77. The van der Waals surface area contributed by atoms with Crippen LogP contribution in [0, 0.1) is 19.8 Å². The van der Waals surface area contributed by atoms with E-state index < -0.39 is 0 Å². The van der Waals surface area contributed by atoms with Crippen LogP contribution < -0.4 is 10.6 Å². The van der Waals surface area contributed by atoms with Gasteiger partial charge in [0.05, 0.1) is 0 Å². The molecule has 0 aliphatic heterocycles. The fraction of sp³-hybridized carbons (Fsp3) is 0.333. The molecular formula is C18H20N2O2S. The van der Waals surface area contributed by atoms with E-state index >= 15 is 0 Å². The van der Waals surface area contributed by atoms with Gasteiger partial charge < -0.3 is 10.6 Å². The van der Waals surface area contributed by atoms with Crippen molar-refractivity contribution >= 4 is 28.8 Å². The Morgan fingerprint density at radius 3 is 2.61 bits per heavy atom. The molecule has 5 heteroatoms. The summed E-state index contributed by atoms with van der Waals surface area (Å²) in [6, 6.07) is 9.62. The van der Waals surface area contributed by atoms with Crippen LogP contribution in [0.5, 0.6) is 0 Å². The molecule has 1 saturated carbocycles. The molecule has 0 radical (unpaired) electrons. The van der Waals surface area contributed by atoms with Gasteiger partial charge in [0.2, 0.25) is 5.91 Å². The Morgan fingerprint density at radius 1 is 1.17 bits per heavy atom. The first-order valence-corrected chi connectivity index (χ1v) is 8.51. The molecule has 1 aromatic carbocycles. The highest BCUT2D eigenvalue weighted by molar-refractivity contribution is 7.12. The second-order valence-electron chi connectivity index (χ2n) is 5.94. The summed E-state index contributed by atoms with van der Waals surface area (Å²) in [6.45, 7) is 3.94. The highest BCUT2D eigenvalue weighted by atomic mass is 32.1. The third-order valence-corrected chi connectivity index (χ3v) is 5.45. The second-order valence-corrected chi connectivity index (χ2v) is 7.26. The number of thiophene rings is 1. The number of carbonyl (C=O) groups is 2. The number of benzene rings is 1. The molecule has 2 N–H and O–H groups in total. The first kappa shape index (κ1) is 15.7. The van der Waals surface area contributed by atoms with Gasteiger partial charge in [0.25, 0.3) is 5.91 Å². The minimum absolute atomic E-state index is 0.0381. The number of nitrogens with one attached hydrogen (secondary N) is 2. The van der Waals surface area contributed by atoms with Crippen molar-refractivity contribution < 1.29 is 9.59 Å². The molecule has 0 unspecified atom stereocenters. The molecule has 4 nitrogen and oxygen atoms in total. The number of anilines is 1. The topological polar surface area (TPSA) is 58.2 Å². The third kappa shape index (κ3) is 3.15. The molecule has 2 aromatic rings. The van der Waals surface area contributed by atoms with Gasteiger partial charge in [-0.3, -0.25) is 9.59 Å². The zero-order valence-corrected chi connectivity index (χ0v) is 14.3. The molecule has 0 saturated heterocycles. The summed E-state index contributed by atoms with van der Waals surface area (Å²) in [6.07, 6.45) is 0.903. The van der Waals surface area contributed by atoms with Crippen molar-refractivity contribution in [2.45, 2.75) is 26.2 Å². The highest BCUT2D eigenvalue weighted by Gasteiger charge is 2.44. The molecule has 1 fully saturated rings. The molecular weight excluding hydrogens is 308 g/mol. The van der Waals surface area contributed by atoms with E-state index in [1.54, 1.807) is 30.5 Å². The van der Waals surface area contributed by atoms with Crippen LogP contribution in [0.1, 0.15) is 38.0 Å². The Morgan fingerprint density at radius 2 is 1.96 bits per heavy atom. The summed E-state index contributed by atoms with van der Waals surface area (Å²) in [5.74, 6) is 0.280. The number of hydrogen-bond acceptors (Lipinski definition) is 3. The second kappa shape index (κ2) is 6.16. The van der Waals surface area contributed by atoms with E-state index in [1.165, 1.54) is 9.75 Å². The van der Waals surface area contributed by atoms with E-state index in [0.29, 0.717) is 17.2 Å². The fourth-order valence-electron chi connectivity index (χ4n) is 2.83. The van der Waals surface area contributed by atoms with Gasteiger partial charge in [0.15, 0.2) is 0 Å². The molecule has 2 atom stereocenters. The maximum absolute atomic E-state index is 12.5. The first-order chi connectivity index (χ1) is 11.0. The number of carbonyl (C=O) groups excluding carboxylic acids is 2. The average molecular weight is 328 g/mol. The van der Waals surface area contributed by atoms with Crippen LogP contribution >= 0.6 is 11.3 Å². The molecule has 1 aromatic heterocycles.